The van der Waals surface area contributed by atoms with Gasteiger partial charge >= 0.3 is 0 Å². The number of hydrogen-bond acceptors (Lipinski definition) is 6. The average molecular weight is 387 g/mol. The fourth-order valence-corrected chi connectivity index (χ4v) is 2.77. The van der Waals surface area contributed by atoms with Crippen LogP contribution < -0.4 is 19.9 Å². The van der Waals surface area contributed by atoms with E-state index in [2.05, 4.69) is 5.32 Å². The van der Waals surface area contributed by atoms with E-state index in [0.29, 0.717) is 22.7 Å². The summed E-state index contributed by atoms with van der Waals surface area (Å²) in [6.07, 6.45) is 1.37. The Balaban J connectivity index is 2.29. The van der Waals surface area contributed by atoms with Crippen LogP contribution in [-0.2, 0) is 14.8 Å². The Morgan fingerprint density at radius 3 is 2.33 bits per heavy atom. The minimum absolute atomic E-state index is 0.0855. The Hall–Kier alpha value is -3.35. The number of nitrogens with two attached hydrogens (primary N) is 1. The third-order valence-corrected chi connectivity index (χ3v) is 4.47. The normalized spacial score (nSPS) is 11.4. The van der Waals surface area contributed by atoms with Crippen molar-refractivity contribution < 1.29 is 22.7 Å². The first-order valence-electron chi connectivity index (χ1n) is 7.57. The van der Waals surface area contributed by atoms with Crippen LogP contribution in [0.4, 0.5) is 5.69 Å². The van der Waals surface area contributed by atoms with E-state index in [1.165, 1.54) is 44.6 Å². The van der Waals surface area contributed by atoms with Gasteiger partial charge in [0.05, 0.1) is 19.1 Å². The molecule has 0 saturated carbocycles. The van der Waals surface area contributed by atoms with Gasteiger partial charge in [0, 0.05) is 11.3 Å². The molecule has 0 bridgehead atoms. The van der Waals surface area contributed by atoms with E-state index in [4.69, 9.17) is 14.6 Å². The van der Waals surface area contributed by atoms with Crippen LogP contribution in [0.3, 0.4) is 0 Å². The third kappa shape index (κ3) is 4.84. The fraction of sp³-hybridized carbons (Fsp3) is 0.111. The van der Waals surface area contributed by atoms with E-state index >= 15 is 0 Å². The molecule has 2 aromatic rings. The van der Waals surface area contributed by atoms with E-state index < -0.39 is 15.9 Å². The number of nitriles is 1. The molecule has 1 amide bonds. The van der Waals surface area contributed by atoms with Gasteiger partial charge in [0.1, 0.15) is 11.6 Å². The number of nitrogens with zero attached hydrogens (tertiary/aromatic N) is 1. The summed E-state index contributed by atoms with van der Waals surface area (Å²) in [5, 5.41) is 16.9. The number of carbonyl (C=O) groups is 1. The van der Waals surface area contributed by atoms with Crippen LogP contribution in [-0.4, -0.2) is 28.5 Å². The van der Waals surface area contributed by atoms with Crippen molar-refractivity contribution in [2.75, 3.05) is 19.5 Å². The molecule has 9 heteroatoms. The van der Waals surface area contributed by atoms with Gasteiger partial charge in [0.25, 0.3) is 5.91 Å². The zero-order valence-electron chi connectivity index (χ0n) is 14.6. The van der Waals surface area contributed by atoms with Gasteiger partial charge in [-0.1, -0.05) is 12.1 Å². The fourth-order valence-electron chi connectivity index (χ4n) is 2.26. The summed E-state index contributed by atoms with van der Waals surface area (Å²) < 4.78 is 33.0. The van der Waals surface area contributed by atoms with Gasteiger partial charge in [-0.05, 0) is 36.4 Å². The first-order valence-corrected chi connectivity index (χ1v) is 9.11. The van der Waals surface area contributed by atoms with E-state index in [-0.39, 0.29) is 10.5 Å². The van der Waals surface area contributed by atoms with Gasteiger partial charge in [-0.2, -0.15) is 5.26 Å². The Bertz CT molecular complexity index is 1020. The van der Waals surface area contributed by atoms with Gasteiger partial charge in [-0.3, -0.25) is 4.79 Å². The lowest BCUT2D eigenvalue weighted by Crippen LogP contribution is -2.14. The Morgan fingerprint density at radius 1 is 1.15 bits per heavy atom. The second-order valence-corrected chi connectivity index (χ2v) is 6.84. The molecule has 8 nitrogen and oxygen atoms in total. The van der Waals surface area contributed by atoms with Crippen molar-refractivity contribution >= 4 is 27.7 Å². The summed E-state index contributed by atoms with van der Waals surface area (Å²) in [5.41, 5.74) is 0.636. The number of benzene rings is 2. The minimum Gasteiger partial charge on any atom is -0.493 e. The highest BCUT2D eigenvalue weighted by Gasteiger charge is 2.14. The third-order valence-electron chi connectivity index (χ3n) is 3.54. The van der Waals surface area contributed by atoms with E-state index in [1.807, 2.05) is 6.07 Å². The lowest BCUT2D eigenvalue weighted by atomic mass is 10.1. The standard InChI is InChI=1S/C18H17N3O5S/c1-25-16-5-3-4-12(17(16)26-2)10-13(11-19)18(22)21-14-6-8-15(9-7-14)27(20,23)24/h3-10H,1-2H3,(H,21,22)(H2,20,23,24)/b13-10+. The zero-order valence-corrected chi connectivity index (χ0v) is 15.4. The number of carbonyl (C=O) groups excluding carboxylic acids is 1. The van der Waals surface area contributed by atoms with Crippen LogP contribution in [0.2, 0.25) is 0 Å². The Morgan fingerprint density at radius 2 is 1.81 bits per heavy atom. The predicted molar refractivity (Wildman–Crippen MR) is 99.6 cm³/mol. The molecule has 0 radical (unpaired) electrons. The predicted octanol–water partition coefficient (Wildman–Crippen LogP) is 1.90. The highest BCUT2D eigenvalue weighted by atomic mass is 32.2. The van der Waals surface area contributed by atoms with E-state index in [9.17, 15) is 18.5 Å². The first-order chi connectivity index (χ1) is 12.8. The molecule has 0 aromatic heterocycles. The maximum Gasteiger partial charge on any atom is 0.266 e. The lowest BCUT2D eigenvalue weighted by molar-refractivity contribution is -0.112. The Labute approximate surface area is 156 Å². The van der Waals surface area contributed by atoms with Crippen LogP contribution in [0.1, 0.15) is 5.56 Å². The van der Waals surface area contributed by atoms with Gasteiger partial charge in [0.2, 0.25) is 10.0 Å². The molecule has 0 fully saturated rings. The lowest BCUT2D eigenvalue weighted by Gasteiger charge is -2.10. The molecule has 27 heavy (non-hydrogen) atoms. The topological polar surface area (TPSA) is 132 Å². The highest BCUT2D eigenvalue weighted by Crippen LogP contribution is 2.32. The van der Waals surface area contributed by atoms with Crippen molar-refractivity contribution in [1.29, 1.82) is 5.26 Å². The molecule has 0 atom stereocenters. The molecule has 0 heterocycles. The van der Waals surface area contributed by atoms with E-state index in [0.717, 1.165) is 0 Å². The summed E-state index contributed by atoms with van der Waals surface area (Å²) in [4.78, 5) is 12.3. The molecule has 0 aliphatic rings. The number of primary sulfonamides is 1. The maximum absolute atomic E-state index is 12.4. The van der Waals surface area contributed by atoms with E-state index in [1.54, 1.807) is 18.2 Å². The Kier molecular flexibility index (Phi) is 6.18. The largest absolute Gasteiger partial charge is 0.493 e. The first kappa shape index (κ1) is 20.0. The smallest absolute Gasteiger partial charge is 0.266 e. The summed E-state index contributed by atoms with van der Waals surface area (Å²) in [6, 6.07) is 12.2. The molecular formula is C18H17N3O5S. The molecule has 140 valence electrons. The van der Waals surface area contributed by atoms with Crippen LogP contribution in [0.5, 0.6) is 11.5 Å². The molecule has 0 unspecified atom stereocenters. The second kappa shape index (κ2) is 8.35. The number of amides is 1. The van der Waals surface area contributed by atoms with Crippen molar-refractivity contribution in [2.45, 2.75) is 4.90 Å². The van der Waals surface area contributed by atoms with Gasteiger partial charge in [-0.15, -0.1) is 0 Å². The number of sulfonamides is 1. The monoisotopic (exact) mass is 387 g/mol. The molecule has 2 aromatic carbocycles. The van der Waals surface area contributed by atoms with Crippen molar-refractivity contribution in [3.8, 4) is 17.6 Å². The number of hydrogen-bond donors (Lipinski definition) is 2. The molecule has 0 aliphatic carbocycles. The number of ether oxygens (including phenoxy) is 2. The second-order valence-electron chi connectivity index (χ2n) is 5.28. The van der Waals surface area contributed by atoms with Crippen LogP contribution in [0.25, 0.3) is 6.08 Å². The number of nitrogens with one attached hydrogen (secondary N) is 1. The van der Waals surface area contributed by atoms with Crippen molar-refractivity contribution in [2.24, 2.45) is 5.14 Å². The number of para-hydroxylation sites is 1. The molecular weight excluding hydrogens is 370 g/mol. The quantitative estimate of drug-likeness (QED) is 0.575. The van der Waals surface area contributed by atoms with Crippen LogP contribution in [0.15, 0.2) is 52.9 Å². The maximum atomic E-state index is 12.4. The molecule has 3 N–H and O–H groups in total. The van der Waals surface area contributed by atoms with Gasteiger partial charge in [-0.25, -0.2) is 13.6 Å². The van der Waals surface area contributed by atoms with Crippen molar-refractivity contribution in [1.82, 2.24) is 0 Å². The highest BCUT2D eigenvalue weighted by molar-refractivity contribution is 7.89. The molecule has 0 saturated heterocycles. The minimum atomic E-state index is -3.83. The molecule has 2 rings (SSSR count). The van der Waals surface area contributed by atoms with Crippen molar-refractivity contribution in [3.05, 3.63) is 53.6 Å². The number of methoxy groups -OCH3 is 2. The average Bonchev–Trinajstić information content (AvgIpc) is 2.65. The van der Waals surface area contributed by atoms with Crippen LogP contribution >= 0.6 is 0 Å². The summed E-state index contributed by atoms with van der Waals surface area (Å²) in [5.74, 6) is 0.186. The summed E-state index contributed by atoms with van der Waals surface area (Å²) in [7, 11) is -0.893. The van der Waals surface area contributed by atoms with Gasteiger partial charge < -0.3 is 14.8 Å². The SMILES string of the molecule is COc1cccc(/C=C(\C#N)C(=O)Nc2ccc(S(N)(=O)=O)cc2)c1OC. The molecule has 0 spiro atoms. The van der Waals surface area contributed by atoms with Gasteiger partial charge in [0.15, 0.2) is 11.5 Å². The van der Waals surface area contributed by atoms with Crippen LogP contribution in [0, 0.1) is 11.3 Å². The van der Waals surface area contributed by atoms with Crippen molar-refractivity contribution in [3.63, 3.8) is 0 Å². The summed E-state index contributed by atoms with van der Waals surface area (Å²) >= 11 is 0. The number of rotatable bonds is 6. The molecule has 0 aliphatic heterocycles. The zero-order chi connectivity index (χ0) is 20.0. The number of anilines is 1. The summed E-state index contributed by atoms with van der Waals surface area (Å²) in [6.45, 7) is 0.